The number of H-pyrrole nitrogens is 1. The van der Waals surface area contributed by atoms with Crippen LogP contribution in [0.4, 0.5) is 0 Å². The predicted octanol–water partition coefficient (Wildman–Crippen LogP) is 4.35. The van der Waals surface area contributed by atoms with Crippen LogP contribution < -0.4 is 4.74 Å². The molecule has 3 rings (SSSR count). The first-order valence-electron chi connectivity index (χ1n) is 11.4. The molecule has 0 saturated carbocycles. The van der Waals surface area contributed by atoms with Crippen LogP contribution in [0, 0.1) is 27.7 Å². The van der Waals surface area contributed by atoms with Crippen LogP contribution in [0.25, 0.3) is 0 Å². The Bertz CT molecular complexity index is 1200. The minimum atomic E-state index is -1.02. The third-order valence-corrected chi connectivity index (χ3v) is 5.68. The number of hydrogen-bond donors (Lipinski definition) is 1. The Morgan fingerprint density at radius 3 is 2.37 bits per heavy atom. The number of aryl methyl sites for hydroxylation is 3. The average molecular weight is 483 g/mol. The Morgan fingerprint density at radius 1 is 1.09 bits per heavy atom. The zero-order valence-electron chi connectivity index (χ0n) is 20.8. The summed E-state index contributed by atoms with van der Waals surface area (Å²) in [5, 5.41) is 3.90. The van der Waals surface area contributed by atoms with Crippen molar-refractivity contribution in [3.05, 3.63) is 69.4 Å². The molecule has 35 heavy (non-hydrogen) atoms. The molecule has 0 aliphatic heterocycles. The van der Waals surface area contributed by atoms with Crippen molar-refractivity contribution in [2.75, 3.05) is 6.61 Å². The number of carbonyl (C=O) groups is 3. The van der Waals surface area contributed by atoms with Gasteiger partial charge in [-0.1, -0.05) is 17.3 Å². The molecule has 0 spiro atoms. The number of ether oxygens (including phenoxy) is 3. The molecule has 1 unspecified atom stereocenters. The Labute approximate surface area is 203 Å². The number of nitrogens with one attached hydrogen (secondary N) is 1. The fourth-order valence-electron chi connectivity index (χ4n) is 3.74. The van der Waals surface area contributed by atoms with Crippen molar-refractivity contribution in [1.82, 2.24) is 10.1 Å². The van der Waals surface area contributed by atoms with E-state index >= 15 is 0 Å². The molecule has 9 nitrogen and oxygen atoms in total. The van der Waals surface area contributed by atoms with Crippen molar-refractivity contribution in [2.24, 2.45) is 0 Å². The molecule has 186 valence electrons. The fraction of sp³-hybridized carbons (Fsp3) is 0.385. The molecular weight excluding hydrogens is 452 g/mol. The third-order valence-electron chi connectivity index (χ3n) is 5.68. The number of esters is 2. The Morgan fingerprint density at radius 2 is 1.77 bits per heavy atom. The molecule has 0 aliphatic carbocycles. The summed E-state index contributed by atoms with van der Waals surface area (Å²) in [4.78, 5) is 40.4. The van der Waals surface area contributed by atoms with Gasteiger partial charge < -0.3 is 23.7 Å². The van der Waals surface area contributed by atoms with E-state index < -0.39 is 23.8 Å². The molecule has 1 N–H and O–H groups in total. The first kappa shape index (κ1) is 25.7. The predicted molar refractivity (Wildman–Crippen MR) is 127 cm³/mol. The van der Waals surface area contributed by atoms with Crippen LogP contribution in [-0.4, -0.2) is 40.6 Å². The molecule has 0 bridgehead atoms. The van der Waals surface area contributed by atoms with Gasteiger partial charge in [-0.25, -0.2) is 4.79 Å². The van der Waals surface area contributed by atoms with Crippen molar-refractivity contribution >= 4 is 17.7 Å². The molecule has 1 atom stereocenters. The number of nitrogens with zero attached hydrogens (tertiary/aromatic N) is 1. The Hall–Kier alpha value is -3.88. The highest BCUT2D eigenvalue weighted by atomic mass is 16.5. The van der Waals surface area contributed by atoms with E-state index in [9.17, 15) is 14.4 Å². The largest absolute Gasteiger partial charge is 0.489 e. The molecule has 0 aliphatic rings. The second kappa shape index (κ2) is 11.0. The van der Waals surface area contributed by atoms with Gasteiger partial charge in [-0.15, -0.1) is 0 Å². The highest BCUT2D eigenvalue weighted by Crippen LogP contribution is 2.22. The molecule has 0 fully saturated rings. The van der Waals surface area contributed by atoms with Crippen molar-refractivity contribution in [3.8, 4) is 5.75 Å². The summed E-state index contributed by atoms with van der Waals surface area (Å²) in [6, 6.07) is 7.05. The number of rotatable bonds is 10. The van der Waals surface area contributed by atoms with Gasteiger partial charge in [-0.2, -0.15) is 0 Å². The number of benzene rings is 1. The van der Waals surface area contributed by atoms with Crippen molar-refractivity contribution in [2.45, 2.75) is 60.7 Å². The zero-order valence-corrected chi connectivity index (χ0v) is 20.8. The van der Waals surface area contributed by atoms with Crippen LogP contribution in [0.2, 0.25) is 0 Å². The van der Waals surface area contributed by atoms with Crippen molar-refractivity contribution in [3.63, 3.8) is 0 Å². The lowest BCUT2D eigenvalue weighted by Crippen LogP contribution is -2.26. The van der Waals surface area contributed by atoms with Crippen molar-refractivity contribution < 1.29 is 33.1 Å². The summed E-state index contributed by atoms with van der Waals surface area (Å²) in [5.41, 5.74) is 3.96. The Balaban J connectivity index is 1.57. The van der Waals surface area contributed by atoms with E-state index in [1.165, 1.54) is 6.92 Å². The molecule has 3 aromatic rings. The monoisotopic (exact) mass is 482 g/mol. The molecule has 9 heteroatoms. The lowest BCUT2D eigenvalue weighted by Gasteiger charge is -2.13. The van der Waals surface area contributed by atoms with Gasteiger partial charge >= 0.3 is 11.9 Å². The van der Waals surface area contributed by atoms with Gasteiger partial charge in [0.1, 0.15) is 18.1 Å². The lowest BCUT2D eigenvalue weighted by atomic mass is 10.1. The molecule has 0 radical (unpaired) electrons. The maximum absolute atomic E-state index is 12.9. The van der Waals surface area contributed by atoms with Crippen LogP contribution in [0.3, 0.4) is 0 Å². The zero-order chi connectivity index (χ0) is 25.7. The normalized spacial score (nSPS) is 11.7. The van der Waals surface area contributed by atoms with Gasteiger partial charge in [0, 0.05) is 5.69 Å². The number of ketones is 1. The second-order valence-corrected chi connectivity index (χ2v) is 8.25. The summed E-state index contributed by atoms with van der Waals surface area (Å²) in [6.45, 7) is 10.8. The highest BCUT2D eigenvalue weighted by molar-refractivity contribution is 6.04. The van der Waals surface area contributed by atoms with Crippen LogP contribution in [0.5, 0.6) is 5.75 Å². The topological polar surface area (TPSA) is 121 Å². The summed E-state index contributed by atoms with van der Waals surface area (Å²) in [7, 11) is 0. The maximum atomic E-state index is 12.9. The molecule has 1 aromatic carbocycles. The van der Waals surface area contributed by atoms with Gasteiger partial charge in [0.15, 0.2) is 6.10 Å². The standard InChI is InChI=1S/C26H30N2O7/c1-7-32-26(31)23-14(2)24(27-16(23)4)25(30)18(6)34-22(29)12-19-8-10-20(11-9-19)33-13-21-15(3)28-35-17(21)5/h8-11,18,27H,7,12-13H2,1-6H3. The van der Waals surface area contributed by atoms with Gasteiger partial charge in [-0.3, -0.25) is 9.59 Å². The number of aromatic nitrogens is 2. The number of carbonyl (C=O) groups excluding carboxylic acids is 3. The number of aromatic amines is 1. The average Bonchev–Trinajstić information content (AvgIpc) is 3.29. The molecule has 2 aromatic heterocycles. The molecule has 0 saturated heterocycles. The summed E-state index contributed by atoms with van der Waals surface area (Å²) < 4.78 is 21.3. The minimum Gasteiger partial charge on any atom is -0.489 e. The summed E-state index contributed by atoms with van der Waals surface area (Å²) in [5.74, 6) is -0.103. The smallest absolute Gasteiger partial charge is 0.340 e. The van der Waals surface area contributed by atoms with Crippen LogP contribution >= 0.6 is 0 Å². The van der Waals surface area contributed by atoms with Crippen LogP contribution in [-0.2, 0) is 27.3 Å². The van der Waals surface area contributed by atoms with Gasteiger partial charge in [-0.05, 0) is 64.8 Å². The van der Waals surface area contributed by atoms with Gasteiger partial charge in [0.2, 0.25) is 5.78 Å². The number of hydrogen-bond acceptors (Lipinski definition) is 8. The van der Waals surface area contributed by atoms with E-state index in [1.54, 1.807) is 45.0 Å². The first-order valence-corrected chi connectivity index (χ1v) is 11.4. The summed E-state index contributed by atoms with van der Waals surface area (Å²) in [6.07, 6.45) is -1.02. The van der Waals surface area contributed by atoms with Crippen LogP contribution in [0.1, 0.15) is 68.5 Å². The minimum absolute atomic E-state index is 0.00141. The summed E-state index contributed by atoms with van der Waals surface area (Å²) >= 11 is 0. The van der Waals surface area contributed by atoms with Gasteiger partial charge in [0.25, 0.3) is 0 Å². The Kier molecular flexibility index (Phi) is 8.11. The van der Waals surface area contributed by atoms with E-state index in [-0.39, 0.29) is 18.7 Å². The quantitative estimate of drug-likeness (QED) is 0.334. The van der Waals surface area contributed by atoms with E-state index in [0.29, 0.717) is 34.9 Å². The fourth-order valence-corrected chi connectivity index (χ4v) is 3.74. The van der Waals surface area contributed by atoms with E-state index in [0.717, 1.165) is 16.8 Å². The first-order chi connectivity index (χ1) is 16.6. The number of Topliss-reactive ketones (excluding diaryl/α,β-unsaturated/α-hetero) is 1. The second-order valence-electron chi connectivity index (χ2n) is 8.25. The van der Waals surface area contributed by atoms with E-state index in [4.69, 9.17) is 18.7 Å². The van der Waals surface area contributed by atoms with Crippen LogP contribution in [0.15, 0.2) is 28.8 Å². The molecule has 2 heterocycles. The maximum Gasteiger partial charge on any atom is 0.340 e. The van der Waals surface area contributed by atoms with E-state index in [1.807, 2.05) is 13.8 Å². The SMILES string of the molecule is CCOC(=O)c1c(C)[nH]c(C(=O)C(C)OC(=O)Cc2ccc(OCc3c(C)noc3C)cc2)c1C. The van der Waals surface area contributed by atoms with Gasteiger partial charge in [0.05, 0.1) is 35.5 Å². The molecular formula is C26H30N2O7. The highest BCUT2D eigenvalue weighted by Gasteiger charge is 2.27. The van der Waals surface area contributed by atoms with Crippen molar-refractivity contribution in [1.29, 1.82) is 0 Å². The third kappa shape index (κ3) is 5.98. The molecule has 0 amide bonds. The lowest BCUT2D eigenvalue weighted by molar-refractivity contribution is -0.145. The van der Waals surface area contributed by atoms with E-state index in [2.05, 4.69) is 10.1 Å².